The molecule has 1 amide bonds. The second-order valence-corrected chi connectivity index (χ2v) is 7.44. The van der Waals surface area contributed by atoms with Crippen LogP contribution in [0, 0.1) is 0 Å². The van der Waals surface area contributed by atoms with Gasteiger partial charge in [0.25, 0.3) is 0 Å². The Labute approximate surface area is 165 Å². The number of amides is 1. The Bertz CT molecular complexity index is 865. The van der Waals surface area contributed by atoms with Crippen LogP contribution in [0.4, 0.5) is 0 Å². The van der Waals surface area contributed by atoms with Gasteiger partial charge < -0.3 is 4.42 Å². The topological polar surface area (TPSA) is 58.2 Å². The summed E-state index contributed by atoms with van der Waals surface area (Å²) in [7, 11) is 0. The summed E-state index contributed by atoms with van der Waals surface area (Å²) in [6, 6.07) is 8.75. The van der Waals surface area contributed by atoms with E-state index < -0.39 is 0 Å². The predicted molar refractivity (Wildman–Crippen MR) is 107 cm³/mol. The standard InChI is InChI=1S/C18H15Cl2N3O2S/c1-2-7-23-17(24)16(10-12-9-13(19)5-6-15(12)20)26-18(23)22-21-11-14-4-3-8-25-14/h2-6,8-9,11,16H,1,7,10H2/b21-11+,22-18+. The Morgan fingerprint density at radius 1 is 1.35 bits per heavy atom. The molecule has 1 aromatic heterocycles. The smallest absolute Gasteiger partial charge is 0.242 e. The highest BCUT2D eigenvalue weighted by atomic mass is 35.5. The van der Waals surface area contributed by atoms with Gasteiger partial charge in [0.2, 0.25) is 5.91 Å². The van der Waals surface area contributed by atoms with Crippen LogP contribution in [-0.2, 0) is 11.2 Å². The second-order valence-electron chi connectivity index (χ2n) is 5.43. The lowest BCUT2D eigenvalue weighted by Gasteiger charge is -2.13. The molecule has 1 aromatic carbocycles. The SMILES string of the molecule is C=CCN1C(=O)C(Cc2cc(Cl)ccc2Cl)S/C1=N/N=C/c1ccco1. The molecule has 0 aliphatic carbocycles. The highest BCUT2D eigenvalue weighted by Gasteiger charge is 2.37. The summed E-state index contributed by atoms with van der Waals surface area (Å²) in [5.74, 6) is 0.527. The second kappa shape index (κ2) is 8.58. The van der Waals surface area contributed by atoms with E-state index in [9.17, 15) is 4.79 Å². The Kier molecular flexibility index (Phi) is 6.19. The Morgan fingerprint density at radius 2 is 2.19 bits per heavy atom. The van der Waals surface area contributed by atoms with E-state index in [1.807, 2.05) is 0 Å². The van der Waals surface area contributed by atoms with E-state index >= 15 is 0 Å². The van der Waals surface area contributed by atoms with E-state index in [1.165, 1.54) is 18.0 Å². The molecule has 3 rings (SSSR count). The average Bonchev–Trinajstić information content (AvgIpc) is 3.23. The number of hydrogen-bond acceptors (Lipinski definition) is 5. The molecule has 134 valence electrons. The summed E-state index contributed by atoms with van der Waals surface area (Å²) in [5.41, 5.74) is 0.823. The van der Waals surface area contributed by atoms with Crippen LogP contribution in [0.1, 0.15) is 11.3 Å². The van der Waals surface area contributed by atoms with Crippen molar-refractivity contribution < 1.29 is 9.21 Å². The van der Waals surface area contributed by atoms with Gasteiger partial charge in [-0.1, -0.05) is 41.0 Å². The Hall–Kier alpha value is -2.02. The summed E-state index contributed by atoms with van der Waals surface area (Å²) in [5, 5.41) is 9.51. The molecule has 0 N–H and O–H groups in total. The number of carbonyl (C=O) groups excluding carboxylic acids is 1. The third kappa shape index (κ3) is 4.38. The number of rotatable bonds is 6. The summed E-state index contributed by atoms with van der Waals surface area (Å²) >= 11 is 13.6. The molecule has 1 unspecified atom stereocenters. The predicted octanol–water partition coefficient (Wildman–Crippen LogP) is 4.65. The number of furan rings is 1. The van der Waals surface area contributed by atoms with Crippen LogP contribution >= 0.6 is 35.0 Å². The molecule has 2 aromatic rings. The molecule has 8 heteroatoms. The molecule has 0 bridgehead atoms. The van der Waals surface area contributed by atoms with Crippen molar-refractivity contribution in [2.75, 3.05) is 6.54 Å². The van der Waals surface area contributed by atoms with Crippen molar-refractivity contribution in [2.24, 2.45) is 10.2 Å². The van der Waals surface area contributed by atoms with Gasteiger partial charge in [-0.25, -0.2) is 0 Å². The van der Waals surface area contributed by atoms with Crippen molar-refractivity contribution in [3.8, 4) is 0 Å². The van der Waals surface area contributed by atoms with E-state index in [0.29, 0.717) is 33.9 Å². The maximum Gasteiger partial charge on any atom is 0.242 e. The molecular weight excluding hydrogens is 393 g/mol. The number of halogens is 2. The number of amidine groups is 1. The lowest BCUT2D eigenvalue weighted by Crippen LogP contribution is -2.32. The van der Waals surface area contributed by atoms with Crippen LogP contribution < -0.4 is 0 Å². The number of hydrogen-bond donors (Lipinski definition) is 0. The van der Waals surface area contributed by atoms with Crippen LogP contribution in [0.15, 0.2) is 63.9 Å². The normalized spacial score (nSPS) is 19.0. The number of thioether (sulfide) groups is 1. The Morgan fingerprint density at radius 3 is 2.92 bits per heavy atom. The van der Waals surface area contributed by atoms with Crippen molar-refractivity contribution in [3.05, 3.63) is 70.6 Å². The molecular formula is C18H15Cl2N3O2S. The minimum atomic E-state index is -0.344. The van der Waals surface area contributed by atoms with Crippen molar-refractivity contribution in [2.45, 2.75) is 11.7 Å². The first-order chi connectivity index (χ1) is 12.6. The van der Waals surface area contributed by atoms with Crippen LogP contribution in [-0.4, -0.2) is 34.0 Å². The molecule has 2 heterocycles. The van der Waals surface area contributed by atoms with Crippen molar-refractivity contribution >= 4 is 52.3 Å². The zero-order chi connectivity index (χ0) is 18.5. The van der Waals surface area contributed by atoms with Gasteiger partial charge >= 0.3 is 0 Å². The van der Waals surface area contributed by atoms with Crippen molar-refractivity contribution in [1.82, 2.24) is 4.90 Å². The van der Waals surface area contributed by atoms with Gasteiger partial charge in [-0.3, -0.25) is 9.69 Å². The van der Waals surface area contributed by atoms with E-state index in [0.717, 1.165) is 5.56 Å². The molecule has 1 saturated heterocycles. The minimum Gasteiger partial charge on any atom is -0.463 e. The Balaban J connectivity index is 1.79. The first-order valence-electron chi connectivity index (χ1n) is 7.76. The van der Waals surface area contributed by atoms with Gasteiger partial charge in [0.1, 0.15) is 5.76 Å². The van der Waals surface area contributed by atoms with E-state index in [4.69, 9.17) is 27.6 Å². The molecule has 1 aliphatic heterocycles. The van der Waals surface area contributed by atoms with Gasteiger partial charge in [-0.15, -0.1) is 11.7 Å². The molecule has 0 radical (unpaired) electrons. The summed E-state index contributed by atoms with van der Waals surface area (Å²) in [6.07, 6.45) is 5.15. The molecule has 26 heavy (non-hydrogen) atoms. The van der Waals surface area contributed by atoms with Gasteiger partial charge in [0.15, 0.2) is 5.17 Å². The monoisotopic (exact) mass is 407 g/mol. The first kappa shape index (κ1) is 18.8. The largest absolute Gasteiger partial charge is 0.463 e. The summed E-state index contributed by atoms with van der Waals surface area (Å²) < 4.78 is 5.17. The van der Waals surface area contributed by atoms with Gasteiger partial charge in [0, 0.05) is 16.6 Å². The fraction of sp³-hybridized carbons (Fsp3) is 0.167. The van der Waals surface area contributed by atoms with E-state index in [-0.39, 0.29) is 11.2 Å². The number of benzene rings is 1. The third-order valence-corrected chi connectivity index (χ3v) is 5.39. The maximum atomic E-state index is 12.7. The fourth-order valence-electron chi connectivity index (χ4n) is 2.41. The fourth-order valence-corrected chi connectivity index (χ4v) is 3.93. The first-order valence-corrected chi connectivity index (χ1v) is 9.39. The van der Waals surface area contributed by atoms with Gasteiger partial charge in [-0.05, 0) is 42.3 Å². The van der Waals surface area contributed by atoms with Crippen molar-refractivity contribution in [3.63, 3.8) is 0 Å². The van der Waals surface area contributed by atoms with Gasteiger partial charge in [-0.2, -0.15) is 5.10 Å². The van der Waals surface area contributed by atoms with E-state index in [2.05, 4.69) is 16.8 Å². The maximum absolute atomic E-state index is 12.7. The molecule has 1 atom stereocenters. The quantitative estimate of drug-likeness (QED) is 0.397. The third-order valence-electron chi connectivity index (χ3n) is 3.62. The van der Waals surface area contributed by atoms with Crippen LogP contribution in [0.5, 0.6) is 0 Å². The number of carbonyl (C=O) groups is 1. The zero-order valence-corrected chi connectivity index (χ0v) is 16.0. The summed E-state index contributed by atoms with van der Waals surface area (Å²) in [6.45, 7) is 4.06. The lowest BCUT2D eigenvalue weighted by atomic mass is 10.1. The lowest BCUT2D eigenvalue weighted by molar-refractivity contribution is -0.125. The molecule has 0 saturated carbocycles. The van der Waals surface area contributed by atoms with E-state index in [1.54, 1.807) is 47.6 Å². The molecule has 1 aliphatic rings. The highest BCUT2D eigenvalue weighted by molar-refractivity contribution is 8.15. The van der Waals surface area contributed by atoms with Crippen LogP contribution in [0.25, 0.3) is 0 Å². The van der Waals surface area contributed by atoms with Crippen molar-refractivity contribution in [1.29, 1.82) is 0 Å². The van der Waals surface area contributed by atoms with Crippen LogP contribution in [0.3, 0.4) is 0 Å². The molecule has 5 nitrogen and oxygen atoms in total. The minimum absolute atomic E-state index is 0.0575. The molecule has 1 fully saturated rings. The highest BCUT2D eigenvalue weighted by Crippen LogP contribution is 2.32. The summed E-state index contributed by atoms with van der Waals surface area (Å²) in [4.78, 5) is 14.3. The van der Waals surface area contributed by atoms with Gasteiger partial charge in [0.05, 0.1) is 17.7 Å². The number of nitrogens with zero attached hydrogens (tertiary/aromatic N) is 3. The van der Waals surface area contributed by atoms with Crippen LogP contribution in [0.2, 0.25) is 10.0 Å². The zero-order valence-electron chi connectivity index (χ0n) is 13.6. The average molecular weight is 408 g/mol. The molecule has 0 spiro atoms.